The summed E-state index contributed by atoms with van der Waals surface area (Å²) >= 11 is 0. The molecule has 2 unspecified atom stereocenters. The van der Waals surface area contributed by atoms with E-state index in [-0.39, 0.29) is 50.8 Å². The third kappa shape index (κ3) is 15.4. The molecule has 0 bridgehead atoms. The summed E-state index contributed by atoms with van der Waals surface area (Å²) in [5.41, 5.74) is 0.479. The molecule has 0 rings (SSSR count). The van der Waals surface area contributed by atoms with Crippen molar-refractivity contribution in [3.8, 4) is 0 Å². The average Bonchev–Trinajstić information content (AvgIpc) is 2.67. The second-order valence-electron chi connectivity index (χ2n) is 6.42. The van der Waals surface area contributed by atoms with E-state index >= 15 is 0 Å². The first-order valence-corrected chi connectivity index (χ1v) is 9.42. The Bertz CT molecular complexity index is 587. The molecule has 0 spiro atoms. The van der Waals surface area contributed by atoms with E-state index in [9.17, 15) is 19.2 Å². The van der Waals surface area contributed by atoms with Gasteiger partial charge >= 0.3 is 24.2 Å². The van der Waals surface area contributed by atoms with Gasteiger partial charge in [0.05, 0.1) is 13.2 Å². The van der Waals surface area contributed by atoms with Crippen molar-refractivity contribution >= 4 is 24.2 Å². The molecule has 0 aliphatic carbocycles. The summed E-state index contributed by atoms with van der Waals surface area (Å²) in [6.45, 7) is 12.5. The number of rotatable bonds is 14. The summed E-state index contributed by atoms with van der Waals surface area (Å²) in [5, 5.41) is 0. The summed E-state index contributed by atoms with van der Waals surface area (Å²) in [5.74, 6) is -1.16. The van der Waals surface area contributed by atoms with Gasteiger partial charge in [0.1, 0.15) is 38.6 Å². The molecule has 11 nitrogen and oxygen atoms in total. The number of hydrogen-bond donors (Lipinski definition) is 0. The Morgan fingerprint density at radius 1 is 0.645 bits per heavy atom. The molecule has 0 aliphatic heterocycles. The Kier molecular flexibility index (Phi) is 14.2. The molecule has 0 aromatic rings. The van der Waals surface area contributed by atoms with Crippen LogP contribution in [0.3, 0.4) is 0 Å². The highest BCUT2D eigenvalue weighted by molar-refractivity contribution is 5.87. The molecular formula is C20H30O11. The molecule has 0 saturated heterocycles. The quantitative estimate of drug-likeness (QED) is 0.168. The molecule has 0 saturated carbocycles. The highest BCUT2D eigenvalue weighted by Gasteiger charge is 2.15. The predicted molar refractivity (Wildman–Crippen MR) is 106 cm³/mol. The van der Waals surface area contributed by atoms with Crippen LogP contribution in [0, 0.1) is 0 Å². The summed E-state index contributed by atoms with van der Waals surface area (Å²) in [4.78, 5) is 45.3. The molecule has 11 heteroatoms. The van der Waals surface area contributed by atoms with Gasteiger partial charge in [0.2, 0.25) is 0 Å². The summed E-state index contributed by atoms with van der Waals surface area (Å²) < 4.78 is 34.2. The van der Waals surface area contributed by atoms with Crippen LogP contribution >= 0.6 is 0 Å². The Morgan fingerprint density at radius 3 is 1.29 bits per heavy atom. The molecule has 0 radical (unpaired) electrons. The summed E-state index contributed by atoms with van der Waals surface area (Å²) in [7, 11) is 0. The topological polar surface area (TPSA) is 133 Å². The zero-order valence-corrected chi connectivity index (χ0v) is 18.3. The molecule has 31 heavy (non-hydrogen) atoms. The SMILES string of the molecule is C=C(C)C(=O)OCCOC(=O)OC(C)COCC(C)OC(=O)OCCOC(=O)C(=C)C. The molecule has 176 valence electrons. The summed E-state index contributed by atoms with van der Waals surface area (Å²) in [6, 6.07) is 0. The minimum atomic E-state index is -0.942. The van der Waals surface area contributed by atoms with Crippen LogP contribution in [0.4, 0.5) is 9.59 Å². The van der Waals surface area contributed by atoms with Gasteiger partial charge in [-0.1, -0.05) is 13.2 Å². The van der Waals surface area contributed by atoms with Crippen molar-refractivity contribution in [3.63, 3.8) is 0 Å². The molecule has 0 aromatic carbocycles. The van der Waals surface area contributed by atoms with Crippen LogP contribution in [0.5, 0.6) is 0 Å². The maximum atomic E-state index is 11.5. The van der Waals surface area contributed by atoms with E-state index in [0.717, 1.165) is 0 Å². The standard InChI is InChI=1S/C20H30O11/c1-13(2)17(21)26-7-9-28-19(23)30-15(5)11-25-12-16(6)31-20(24)29-10-8-27-18(22)14(3)4/h15-16H,1,3,7-12H2,2,4-6H3. The van der Waals surface area contributed by atoms with Gasteiger partial charge in [-0.05, 0) is 27.7 Å². The smallest absolute Gasteiger partial charge is 0.459 e. The van der Waals surface area contributed by atoms with Gasteiger partial charge in [-0.2, -0.15) is 0 Å². The monoisotopic (exact) mass is 446 g/mol. The lowest BCUT2D eigenvalue weighted by Crippen LogP contribution is -2.26. The first-order chi connectivity index (χ1) is 14.5. The second kappa shape index (κ2) is 15.7. The fourth-order valence-corrected chi connectivity index (χ4v) is 1.63. The maximum absolute atomic E-state index is 11.5. The van der Waals surface area contributed by atoms with Crippen LogP contribution in [0.15, 0.2) is 24.3 Å². The van der Waals surface area contributed by atoms with Crippen molar-refractivity contribution < 1.29 is 52.3 Å². The molecule has 0 aromatic heterocycles. The Balaban J connectivity index is 3.81. The van der Waals surface area contributed by atoms with E-state index in [2.05, 4.69) is 13.2 Å². The largest absolute Gasteiger partial charge is 0.508 e. The van der Waals surface area contributed by atoms with Crippen LogP contribution < -0.4 is 0 Å². The minimum Gasteiger partial charge on any atom is -0.459 e. The van der Waals surface area contributed by atoms with Crippen molar-refractivity contribution in [3.05, 3.63) is 24.3 Å². The average molecular weight is 446 g/mol. The van der Waals surface area contributed by atoms with Crippen LogP contribution in [-0.4, -0.2) is 76.1 Å². The number of carbonyl (C=O) groups is 4. The van der Waals surface area contributed by atoms with E-state index in [1.807, 2.05) is 0 Å². The zero-order valence-electron chi connectivity index (χ0n) is 18.3. The van der Waals surface area contributed by atoms with E-state index in [1.165, 1.54) is 13.8 Å². The lowest BCUT2D eigenvalue weighted by molar-refractivity contribution is -0.141. The normalized spacial score (nSPS) is 12.0. The second-order valence-corrected chi connectivity index (χ2v) is 6.42. The lowest BCUT2D eigenvalue weighted by atomic mass is 10.4. The third-order valence-electron chi connectivity index (χ3n) is 3.07. The summed E-state index contributed by atoms with van der Waals surface area (Å²) in [6.07, 6.45) is -3.15. The lowest BCUT2D eigenvalue weighted by Gasteiger charge is -2.16. The molecule has 0 heterocycles. The number of esters is 2. The molecule has 2 atom stereocenters. The van der Waals surface area contributed by atoms with Crippen molar-refractivity contribution in [1.29, 1.82) is 0 Å². The molecule has 0 amide bonds. The van der Waals surface area contributed by atoms with Crippen LogP contribution in [0.2, 0.25) is 0 Å². The highest BCUT2D eigenvalue weighted by Crippen LogP contribution is 2.01. The number of hydrogen-bond acceptors (Lipinski definition) is 11. The minimum absolute atomic E-state index is 0.0271. The molecule has 0 aliphatic rings. The van der Waals surface area contributed by atoms with Gasteiger partial charge in [-0.15, -0.1) is 0 Å². The van der Waals surface area contributed by atoms with Gasteiger partial charge in [0.25, 0.3) is 0 Å². The van der Waals surface area contributed by atoms with Crippen molar-refractivity contribution in [2.75, 3.05) is 39.6 Å². The predicted octanol–water partition coefficient (Wildman–Crippen LogP) is 2.33. The van der Waals surface area contributed by atoms with E-state index in [0.29, 0.717) is 0 Å². The van der Waals surface area contributed by atoms with Gasteiger partial charge < -0.3 is 33.2 Å². The number of ether oxygens (including phenoxy) is 7. The molecule has 0 fully saturated rings. The van der Waals surface area contributed by atoms with Gasteiger partial charge in [-0.25, -0.2) is 19.2 Å². The van der Waals surface area contributed by atoms with E-state index in [1.54, 1.807) is 13.8 Å². The van der Waals surface area contributed by atoms with Crippen molar-refractivity contribution in [2.45, 2.75) is 39.9 Å². The maximum Gasteiger partial charge on any atom is 0.508 e. The molecular weight excluding hydrogens is 416 g/mol. The van der Waals surface area contributed by atoms with Gasteiger partial charge in [0, 0.05) is 11.1 Å². The van der Waals surface area contributed by atoms with Gasteiger partial charge in [0.15, 0.2) is 0 Å². The highest BCUT2D eigenvalue weighted by atomic mass is 16.7. The van der Waals surface area contributed by atoms with E-state index in [4.69, 9.17) is 33.2 Å². The van der Waals surface area contributed by atoms with Crippen LogP contribution in [0.25, 0.3) is 0 Å². The molecule has 0 N–H and O–H groups in total. The van der Waals surface area contributed by atoms with Gasteiger partial charge in [-0.3, -0.25) is 0 Å². The third-order valence-corrected chi connectivity index (χ3v) is 3.07. The fourth-order valence-electron chi connectivity index (χ4n) is 1.63. The fraction of sp³-hybridized carbons (Fsp3) is 0.600. The van der Waals surface area contributed by atoms with E-state index < -0.39 is 36.5 Å². The van der Waals surface area contributed by atoms with Crippen molar-refractivity contribution in [1.82, 2.24) is 0 Å². The van der Waals surface area contributed by atoms with Crippen LogP contribution in [-0.2, 0) is 42.7 Å². The Morgan fingerprint density at radius 2 is 0.968 bits per heavy atom. The van der Waals surface area contributed by atoms with Crippen molar-refractivity contribution in [2.24, 2.45) is 0 Å². The Labute approximate surface area is 181 Å². The zero-order chi connectivity index (χ0) is 23.8. The number of carbonyl (C=O) groups excluding carboxylic acids is 4. The van der Waals surface area contributed by atoms with Crippen LogP contribution in [0.1, 0.15) is 27.7 Å². The first kappa shape index (κ1) is 27.9. The first-order valence-electron chi connectivity index (χ1n) is 9.42. The Hall–Kier alpha value is -3.08.